The molecule has 0 spiro atoms. The molecule has 0 atom stereocenters. The average Bonchev–Trinajstić information content (AvgIpc) is 3.39. The number of anilines is 1. The second kappa shape index (κ2) is 11.5. The molecule has 180 valence electrons. The van der Waals surface area contributed by atoms with Crippen LogP contribution >= 0.6 is 34.7 Å². The number of rotatable bonds is 8. The summed E-state index contributed by atoms with van der Waals surface area (Å²) in [5.74, 6) is 0.206. The first kappa shape index (κ1) is 25.0. The highest BCUT2D eigenvalue weighted by molar-refractivity contribution is 7.99. The van der Waals surface area contributed by atoms with Crippen molar-refractivity contribution in [3.05, 3.63) is 62.8 Å². The minimum atomic E-state index is -0.284. The zero-order valence-electron chi connectivity index (χ0n) is 19.0. The monoisotopic (exact) mass is 526 g/mol. The van der Waals surface area contributed by atoms with Crippen LogP contribution in [0.2, 0.25) is 5.02 Å². The van der Waals surface area contributed by atoms with Gasteiger partial charge in [0.25, 0.3) is 0 Å². The third-order valence-corrected chi connectivity index (χ3v) is 8.11. The Balaban J connectivity index is 1.29. The fraction of sp³-hybridized carbons (Fsp3) is 0.292. The topological polar surface area (TPSA) is 113 Å². The van der Waals surface area contributed by atoms with Gasteiger partial charge in [-0.15, -0.1) is 21.5 Å². The molecule has 35 heavy (non-hydrogen) atoms. The number of halogens is 1. The predicted octanol–water partition coefficient (Wildman–Crippen LogP) is 4.34. The molecule has 0 fully saturated rings. The number of nitrogens with zero attached hydrogens (tertiary/aromatic N) is 4. The zero-order valence-corrected chi connectivity index (χ0v) is 21.4. The first-order valence-corrected chi connectivity index (χ1v) is 13.2. The third kappa shape index (κ3) is 6.11. The molecule has 2 amide bonds. The van der Waals surface area contributed by atoms with E-state index in [0.717, 1.165) is 36.8 Å². The quantitative estimate of drug-likeness (QED) is 0.333. The standard InChI is InChI=1S/C24H23ClN6O2S2/c1-31-20(13-27-21(32)11-10-15-6-2-4-8-18(15)25)29-30-24(31)34-14-22(33)28-23-17(12-26)16-7-3-5-9-19(16)35-23/h2,4,6,8,10-11H,3,5,7,9,13-14H2,1H3,(H,27,32)(H,28,33)/b11-10+. The summed E-state index contributed by atoms with van der Waals surface area (Å²) in [6.07, 6.45) is 7.12. The van der Waals surface area contributed by atoms with Crippen LogP contribution in [0.4, 0.5) is 5.00 Å². The third-order valence-electron chi connectivity index (χ3n) is 5.53. The molecule has 2 N–H and O–H groups in total. The van der Waals surface area contributed by atoms with Crippen LogP contribution in [-0.4, -0.2) is 32.3 Å². The Bertz CT molecular complexity index is 1320. The molecule has 0 saturated carbocycles. The number of aromatic nitrogens is 3. The maximum atomic E-state index is 12.5. The average molecular weight is 527 g/mol. The van der Waals surface area contributed by atoms with Crippen molar-refractivity contribution in [3.63, 3.8) is 0 Å². The van der Waals surface area contributed by atoms with Gasteiger partial charge in [-0.25, -0.2) is 0 Å². The van der Waals surface area contributed by atoms with Crippen molar-refractivity contribution < 1.29 is 9.59 Å². The van der Waals surface area contributed by atoms with Gasteiger partial charge < -0.3 is 15.2 Å². The number of carbonyl (C=O) groups excluding carboxylic acids is 2. The van der Waals surface area contributed by atoms with E-state index in [-0.39, 0.29) is 24.1 Å². The number of carbonyl (C=O) groups is 2. The number of hydrogen-bond donors (Lipinski definition) is 2. The Morgan fingerprint density at radius 1 is 1.29 bits per heavy atom. The van der Waals surface area contributed by atoms with E-state index >= 15 is 0 Å². The van der Waals surface area contributed by atoms with Crippen molar-refractivity contribution in [1.82, 2.24) is 20.1 Å². The van der Waals surface area contributed by atoms with Crippen LogP contribution in [0.3, 0.4) is 0 Å². The molecule has 2 aromatic heterocycles. The van der Waals surface area contributed by atoms with Gasteiger partial charge in [-0.2, -0.15) is 5.26 Å². The van der Waals surface area contributed by atoms with Crippen LogP contribution in [0.1, 0.15) is 40.2 Å². The molecular weight excluding hydrogens is 504 g/mol. The summed E-state index contributed by atoms with van der Waals surface area (Å²) >= 11 is 8.84. The van der Waals surface area contributed by atoms with Gasteiger partial charge in [0.2, 0.25) is 11.8 Å². The highest BCUT2D eigenvalue weighted by atomic mass is 35.5. The molecule has 1 aliphatic rings. The largest absolute Gasteiger partial charge is 0.345 e. The van der Waals surface area contributed by atoms with Crippen LogP contribution in [-0.2, 0) is 36.0 Å². The van der Waals surface area contributed by atoms with Crippen LogP contribution in [0.25, 0.3) is 6.08 Å². The number of thiophene rings is 1. The lowest BCUT2D eigenvalue weighted by atomic mass is 9.96. The molecular formula is C24H23ClN6O2S2. The van der Waals surface area contributed by atoms with Gasteiger partial charge in [0.05, 0.1) is 17.9 Å². The summed E-state index contributed by atoms with van der Waals surface area (Å²) < 4.78 is 1.74. The van der Waals surface area contributed by atoms with E-state index in [1.165, 1.54) is 34.1 Å². The Labute approximate surface area is 216 Å². The van der Waals surface area contributed by atoms with E-state index in [4.69, 9.17) is 11.6 Å². The minimum Gasteiger partial charge on any atom is -0.345 e. The Morgan fingerprint density at radius 2 is 2.09 bits per heavy atom. The summed E-state index contributed by atoms with van der Waals surface area (Å²) in [6, 6.07) is 9.51. The fourth-order valence-electron chi connectivity index (χ4n) is 3.69. The molecule has 4 rings (SSSR count). The number of nitriles is 1. The lowest BCUT2D eigenvalue weighted by Crippen LogP contribution is -2.22. The normalized spacial score (nSPS) is 12.8. The number of amides is 2. The van der Waals surface area contributed by atoms with Gasteiger partial charge in [-0.3, -0.25) is 9.59 Å². The number of aryl methyl sites for hydroxylation is 1. The SMILES string of the molecule is Cn1c(CNC(=O)/C=C/c2ccccc2Cl)nnc1SCC(=O)Nc1sc2c(c1C#N)CCCC2. The van der Waals surface area contributed by atoms with Crippen LogP contribution in [0.15, 0.2) is 35.5 Å². The lowest BCUT2D eigenvalue weighted by Gasteiger charge is -2.09. The summed E-state index contributed by atoms with van der Waals surface area (Å²) in [5, 5.41) is 25.2. The maximum Gasteiger partial charge on any atom is 0.244 e. The molecule has 0 bridgehead atoms. The van der Waals surface area contributed by atoms with E-state index in [0.29, 0.717) is 26.6 Å². The van der Waals surface area contributed by atoms with Gasteiger partial charge in [0, 0.05) is 23.0 Å². The fourth-order valence-corrected chi connectivity index (χ4v) is 5.88. The lowest BCUT2D eigenvalue weighted by molar-refractivity contribution is -0.116. The molecule has 0 aliphatic heterocycles. The van der Waals surface area contributed by atoms with Crippen LogP contribution < -0.4 is 10.6 Å². The van der Waals surface area contributed by atoms with Gasteiger partial charge in [0.15, 0.2) is 11.0 Å². The van der Waals surface area contributed by atoms with Gasteiger partial charge in [-0.05, 0) is 49.0 Å². The van der Waals surface area contributed by atoms with E-state index in [2.05, 4.69) is 26.9 Å². The number of fused-ring (bicyclic) bond motifs is 1. The van der Waals surface area contributed by atoms with Gasteiger partial charge in [-0.1, -0.05) is 41.6 Å². The molecule has 0 saturated heterocycles. The van der Waals surface area contributed by atoms with E-state index in [1.807, 2.05) is 18.2 Å². The van der Waals surface area contributed by atoms with Crippen molar-refractivity contribution in [1.29, 1.82) is 5.26 Å². The molecule has 3 aromatic rings. The Hall–Kier alpha value is -3.13. The number of benzene rings is 1. The Kier molecular flexibility index (Phi) is 8.23. The van der Waals surface area contributed by atoms with Crippen molar-refractivity contribution in [2.24, 2.45) is 7.05 Å². The highest BCUT2D eigenvalue weighted by Gasteiger charge is 2.22. The van der Waals surface area contributed by atoms with Crippen molar-refractivity contribution in [2.75, 3.05) is 11.1 Å². The molecule has 0 radical (unpaired) electrons. The number of hydrogen-bond acceptors (Lipinski definition) is 7. The first-order valence-electron chi connectivity index (χ1n) is 11.0. The molecule has 1 aromatic carbocycles. The zero-order chi connectivity index (χ0) is 24.8. The molecule has 2 heterocycles. The smallest absolute Gasteiger partial charge is 0.244 e. The van der Waals surface area contributed by atoms with Crippen LogP contribution in [0, 0.1) is 11.3 Å². The van der Waals surface area contributed by atoms with Crippen molar-refractivity contribution in [3.8, 4) is 6.07 Å². The molecule has 11 heteroatoms. The van der Waals surface area contributed by atoms with E-state index in [1.54, 1.807) is 23.8 Å². The second-order valence-electron chi connectivity index (χ2n) is 7.89. The van der Waals surface area contributed by atoms with Gasteiger partial charge in [0.1, 0.15) is 11.1 Å². The predicted molar refractivity (Wildman–Crippen MR) is 138 cm³/mol. The number of thioether (sulfide) groups is 1. The molecule has 0 unspecified atom stereocenters. The summed E-state index contributed by atoms with van der Waals surface area (Å²) in [5.41, 5.74) is 2.45. The summed E-state index contributed by atoms with van der Waals surface area (Å²) in [7, 11) is 1.78. The highest BCUT2D eigenvalue weighted by Crippen LogP contribution is 2.37. The Morgan fingerprint density at radius 3 is 2.89 bits per heavy atom. The van der Waals surface area contributed by atoms with Gasteiger partial charge >= 0.3 is 0 Å². The number of nitrogens with one attached hydrogen (secondary N) is 2. The summed E-state index contributed by atoms with van der Waals surface area (Å²) in [6.45, 7) is 0.189. The molecule has 1 aliphatic carbocycles. The first-order chi connectivity index (χ1) is 17.0. The summed E-state index contributed by atoms with van der Waals surface area (Å²) in [4.78, 5) is 25.9. The van der Waals surface area contributed by atoms with E-state index < -0.39 is 0 Å². The maximum absolute atomic E-state index is 12.5. The van der Waals surface area contributed by atoms with E-state index in [9.17, 15) is 14.9 Å². The molecule has 8 nitrogen and oxygen atoms in total. The second-order valence-corrected chi connectivity index (χ2v) is 10.3. The minimum absolute atomic E-state index is 0.131. The van der Waals surface area contributed by atoms with Crippen molar-refractivity contribution in [2.45, 2.75) is 37.4 Å². The van der Waals surface area contributed by atoms with Crippen molar-refractivity contribution >= 4 is 57.6 Å². The van der Waals surface area contributed by atoms with Crippen LogP contribution in [0.5, 0.6) is 0 Å².